The molecule has 0 spiro atoms. The Balaban J connectivity index is 1.80. The lowest BCUT2D eigenvalue weighted by molar-refractivity contribution is -0.123. The SMILES string of the molecule is C[C@H](Sc1ccc(Cl)cc1)C(=O)NCC(=O)Nc1ccc(F)c(F)c1. The summed E-state index contributed by atoms with van der Waals surface area (Å²) in [5.74, 6) is -2.92. The molecule has 132 valence electrons. The number of nitrogens with one attached hydrogen (secondary N) is 2. The maximum absolute atomic E-state index is 13.1. The number of benzene rings is 2. The molecule has 0 unspecified atom stereocenters. The Labute approximate surface area is 152 Å². The van der Waals surface area contributed by atoms with Crippen molar-refractivity contribution in [2.45, 2.75) is 17.1 Å². The Morgan fingerprint density at radius 1 is 1.12 bits per heavy atom. The average molecular weight is 385 g/mol. The normalized spacial score (nSPS) is 11.7. The standard InChI is InChI=1S/C17H15ClF2N2O2S/c1-10(25-13-5-2-11(18)3-6-13)17(24)21-9-16(23)22-12-4-7-14(19)15(20)8-12/h2-8,10H,9H2,1H3,(H,21,24)(H,22,23)/t10-/m0/s1. The minimum Gasteiger partial charge on any atom is -0.346 e. The second kappa shape index (κ2) is 8.82. The molecular formula is C17H15ClF2N2O2S. The fourth-order valence-electron chi connectivity index (χ4n) is 1.86. The van der Waals surface area contributed by atoms with Crippen molar-refractivity contribution in [1.29, 1.82) is 0 Å². The van der Waals surface area contributed by atoms with Crippen molar-refractivity contribution in [3.63, 3.8) is 0 Å². The molecule has 0 aliphatic rings. The number of carbonyl (C=O) groups is 2. The van der Waals surface area contributed by atoms with E-state index in [1.54, 1.807) is 31.2 Å². The van der Waals surface area contributed by atoms with E-state index in [2.05, 4.69) is 10.6 Å². The van der Waals surface area contributed by atoms with Crippen LogP contribution in [0.1, 0.15) is 6.92 Å². The largest absolute Gasteiger partial charge is 0.346 e. The predicted octanol–water partition coefficient (Wildman–Crippen LogP) is 3.85. The van der Waals surface area contributed by atoms with Gasteiger partial charge in [0.15, 0.2) is 11.6 Å². The first kappa shape index (κ1) is 19.2. The van der Waals surface area contributed by atoms with Crippen LogP contribution in [0.3, 0.4) is 0 Å². The topological polar surface area (TPSA) is 58.2 Å². The summed E-state index contributed by atoms with van der Waals surface area (Å²) in [6, 6.07) is 10.1. The van der Waals surface area contributed by atoms with Gasteiger partial charge in [0.05, 0.1) is 11.8 Å². The monoisotopic (exact) mass is 384 g/mol. The Kier molecular flexibility index (Phi) is 6.78. The number of hydrogen-bond donors (Lipinski definition) is 2. The van der Waals surface area contributed by atoms with Gasteiger partial charge in [-0.2, -0.15) is 0 Å². The molecule has 0 bridgehead atoms. The highest BCUT2D eigenvalue weighted by Crippen LogP contribution is 2.24. The van der Waals surface area contributed by atoms with Gasteiger partial charge in [-0.1, -0.05) is 11.6 Å². The first-order valence-corrected chi connectivity index (χ1v) is 8.56. The predicted molar refractivity (Wildman–Crippen MR) is 94.8 cm³/mol. The van der Waals surface area contributed by atoms with E-state index in [0.29, 0.717) is 5.02 Å². The summed E-state index contributed by atoms with van der Waals surface area (Å²) in [6.45, 7) is 1.44. The van der Waals surface area contributed by atoms with Gasteiger partial charge in [-0.05, 0) is 43.3 Å². The lowest BCUT2D eigenvalue weighted by Crippen LogP contribution is -2.37. The van der Waals surface area contributed by atoms with E-state index < -0.39 is 22.8 Å². The van der Waals surface area contributed by atoms with Gasteiger partial charge in [-0.25, -0.2) is 8.78 Å². The number of rotatable bonds is 6. The summed E-state index contributed by atoms with van der Waals surface area (Å²) in [5.41, 5.74) is 0.113. The highest BCUT2D eigenvalue weighted by molar-refractivity contribution is 8.00. The number of hydrogen-bond acceptors (Lipinski definition) is 3. The number of anilines is 1. The van der Waals surface area contributed by atoms with Gasteiger partial charge in [0, 0.05) is 21.7 Å². The third-order valence-electron chi connectivity index (χ3n) is 3.12. The molecule has 0 saturated heterocycles. The molecule has 0 aromatic heterocycles. The second-order valence-electron chi connectivity index (χ2n) is 5.11. The van der Waals surface area contributed by atoms with Crippen LogP contribution in [0.25, 0.3) is 0 Å². The van der Waals surface area contributed by atoms with E-state index in [4.69, 9.17) is 11.6 Å². The second-order valence-corrected chi connectivity index (χ2v) is 6.96. The molecule has 0 fully saturated rings. The minimum atomic E-state index is -1.06. The first-order chi connectivity index (χ1) is 11.8. The van der Waals surface area contributed by atoms with Crippen LogP contribution in [-0.2, 0) is 9.59 Å². The van der Waals surface area contributed by atoms with Crippen LogP contribution in [0.2, 0.25) is 5.02 Å². The highest BCUT2D eigenvalue weighted by atomic mass is 35.5. The van der Waals surface area contributed by atoms with Crippen LogP contribution in [0.15, 0.2) is 47.4 Å². The smallest absolute Gasteiger partial charge is 0.243 e. The molecule has 0 aliphatic carbocycles. The zero-order chi connectivity index (χ0) is 18.4. The van der Waals surface area contributed by atoms with Crippen molar-refractivity contribution in [3.05, 3.63) is 59.1 Å². The van der Waals surface area contributed by atoms with Gasteiger partial charge in [-0.15, -0.1) is 11.8 Å². The number of carbonyl (C=O) groups excluding carboxylic acids is 2. The van der Waals surface area contributed by atoms with E-state index in [0.717, 1.165) is 17.0 Å². The van der Waals surface area contributed by atoms with Crippen molar-refractivity contribution >= 4 is 40.9 Å². The van der Waals surface area contributed by atoms with Crippen molar-refractivity contribution in [3.8, 4) is 0 Å². The van der Waals surface area contributed by atoms with E-state index in [1.807, 2.05) is 0 Å². The molecule has 0 radical (unpaired) electrons. The van der Waals surface area contributed by atoms with Crippen molar-refractivity contribution in [1.82, 2.24) is 5.32 Å². The van der Waals surface area contributed by atoms with Crippen LogP contribution in [0.4, 0.5) is 14.5 Å². The zero-order valence-electron chi connectivity index (χ0n) is 13.2. The van der Waals surface area contributed by atoms with E-state index >= 15 is 0 Å². The average Bonchev–Trinajstić information content (AvgIpc) is 2.58. The molecule has 2 aromatic carbocycles. The van der Waals surface area contributed by atoms with Crippen molar-refractivity contribution < 1.29 is 18.4 Å². The summed E-state index contributed by atoms with van der Waals surface area (Å²) < 4.78 is 25.9. The Morgan fingerprint density at radius 3 is 2.44 bits per heavy atom. The summed E-state index contributed by atoms with van der Waals surface area (Å²) in [7, 11) is 0. The quantitative estimate of drug-likeness (QED) is 0.744. The molecule has 2 rings (SSSR count). The molecule has 1 atom stereocenters. The van der Waals surface area contributed by atoms with Gasteiger partial charge >= 0.3 is 0 Å². The van der Waals surface area contributed by atoms with Crippen LogP contribution < -0.4 is 10.6 Å². The molecule has 0 aliphatic heterocycles. The van der Waals surface area contributed by atoms with Crippen LogP contribution in [0, 0.1) is 11.6 Å². The van der Waals surface area contributed by atoms with Crippen LogP contribution in [0.5, 0.6) is 0 Å². The van der Waals surface area contributed by atoms with Crippen LogP contribution >= 0.6 is 23.4 Å². The van der Waals surface area contributed by atoms with Gasteiger partial charge < -0.3 is 10.6 Å². The number of halogens is 3. The summed E-state index contributed by atoms with van der Waals surface area (Å²) in [4.78, 5) is 24.7. The van der Waals surface area contributed by atoms with Crippen molar-refractivity contribution in [2.75, 3.05) is 11.9 Å². The third kappa shape index (κ3) is 6.03. The zero-order valence-corrected chi connectivity index (χ0v) is 14.8. The van der Waals surface area contributed by atoms with Gasteiger partial charge in [0.1, 0.15) is 0 Å². The molecule has 25 heavy (non-hydrogen) atoms. The van der Waals surface area contributed by atoms with E-state index in [1.165, 1.54) is 17.8 Å². The fraction of sp³-hybridized carbons (Fsp3) is 0.176. The third-order valence-corrected chi connectivity index (χ3v) is 4.49. The minimum absolute atomic E-state index is 0.113. The van der Waals surface area contributed by atoms with E-state index in [-0.39, 0.29) is 18.1 Å². The maximum atomic E-state index is 13.1. The molecule has 0 heterocycles. The van der Waals surface area contributed by atoms with Gasteiger partial charge in [-0.3, -0.25) is 9.59 Å². The maximum Gasteiger partial charge on any atom is 0.243 e. The molecule has 4 nitrogen and oxygen atoms in total. The fourth-order valence-corrected chi connectivity index (χ4v) is 2.88. The first-order valence-electron chi connectivity index (χ1n) is 7.30. The van der Waals surface area contributed by atoms with Gasteiger partial charge in [0.2, 0.25) is 11.8 Å². The summed E-state index contributed by atoms with van der Waals surface area (Å²) in [5, 5.41) is 5.06. The summed E-state index contributed by atoms with van der Waals surface area (Å²) in [6.07, 6.45) is 0. The van der Waals surface area contributed by atoms with Crippen molar-refractivity contribution in [2.24, 2.45) is 0 Å². The molecular weight excluding hydrogens is 370 g/mol. The number of amides is 2. The number of thioether (sulfide) groups is 1. The molecule has 2 amide bonds. The summed E-state index contributed by atoms with van der Waals surface area (Å²) >= 11 is 7.13. The highest BCUT2D eigenvalue weighted by Gasteiger charge is 2.15. The Morgan fingerprint density at radius 2 is 1.80 bits per heavy atom. The molecule has 8 heteroatoms. The van der Waals surface area contributed by atoms with E-state index in [9.17, 15) is 18.4 Å². The van der Waals surface area contributed by atoms with Gasteiger partial charge in [0.25, 0.3) is 0 Å². The Bertz CT molecular complexity index is 772. The molecule has 2 N–H and O–H groups in total. The lowest BCUT2D eigenvalue weighted by atomic mass is 10.3. The molecule has 2 aromatic rings. The Hall–Kier alpha value is -2.12. The van der Waals surface area contributed by atoms with Crippen LogP contribution in [-0.4, -0.2) is 23.6 Å². The molecule has 0 saturated carbocycles. The lowest BCUT2D eigenvalue weighted by Gasteiger charge is -2.12.